The minimum atomic E-state index is -5.33. The predicted molar refractivity (Wildman–Crippen MR) is 96.8 cm³/mol. The molecule has 0 spiro atoms. The number of phenolic OH excluding ortho intramolecular Hbond substituents is 1. The zero-order valence-electron chi connectivity index (χ0n) is 15.0. The van der Waals surface area contributed by atoms with Gasteiger partial charge >= 0.3 is 12.2 Å². The number of benzene rings is 1. The Labute approximate surface area is 167 Å². The minimum absolute atomic E-state index is 0.00978. The summed E-state index contributed by atoms with van der Waals surface area (Å²) in [5, 5.41) is 25.6. The van der Waals surface area contributed by atoms with E-state index in [-0.39, 0.29) is 28.5 Å². The summed E-state index contributed by atoms with van der Waals surface area (Å²) in [5.74, 6) is -3.42. The van der Waals surface area contributed by atoms with Crippen molar-refractivity contribution < 1.29 is 37.7 Å². The smallest absolute Gasteiger partial charge is 0.437 e. The summed E-state index contributed by atoms with van der Waals surface area (Å²) in [5.41, 5.74) is -3.75. The summed E-state index contributed by atoms with van der Waals surface area (Å²) in [7, 11) is 0. The van der Waals surface area contributed by atoms with Gasteiger partial charge in [-0.1, -0.05) is 12.1 Å². The molecule has 1 aromatic carbocycles. The lowest BCUT2D eigenvalue weighted by Crippen LogP contribution is -2.72. The SMILES string of the molecule is CCOc1cc([C@@H]2NC(=O)N[C@](O)(C(F)(F)F)[C@H]2C(=O)c2cccs2)ccc1O. The molecule has 7 nitrogen and oxygen atoms in total. The monoisotopic (exact) mass is 430 g/mol. The van der Waals surface area contributed by atoms with Crippen molar-refractivity contribution in [3.05, 3.63) is 46.2 Å². The molecule has 2 heterocycles. The fourth-order valence-corrected chi connectivity index (χ4v) is 3.89. The average Bonchev–Trinajstić information content (AvgIpc) is 3.16. The fourth-order valence-electron chi connectivity index (χ4n) is 3.18. The molecular weight excluding hydrogens is 413 g/mol. The van der Waals surface area contributed by atoms with Crippen LogP contribution in [0.3, 0.4) is 0 Å². The van der Waals surface area contributed by atoms with Crippen molar-refractivity contribution in [2.24, 2.45) is 5.92 Å². The van der Waals surface area contributed by atoms with Crippen molar-refractivity contribution in [3.8, 4) is 11.5 Å². The van der Waals surface area contributed by atoms with Gasteiger partial charge in [-0.15, -0.1) is 11.3 Å². The Bertz CT molecular complexity index is 919. The van der Waals surface area contributed by atoms with Crippen LogP contribution in [0.2, 0.25) is 0 Å². The Morgan fingerprint density at radius 2 is 2.07 bits per heavy atom. The Morgan fingerprint density at radius 1 is 1.34 bits per heavy atom. The number of hydrogen-bond acceptors (Lipinski definition) is 6. The first kappa shape index (κ1) is 20.9. The molecule has 11 heteroatoms. The molecule has 0 radical (unpaired) electrons. The van der Waals surface area contributed by atoms with E-state index >= 15 is 0 Å². The molecule has 0 unspecified atom stereocenters. The topological polar surface area (TPSA) is 108 Å². The number of alkyl halides is 3. The maximum Gasteiger partial charge on any atom is 0.437 e. The van der Waals surface area contributed by atoms with Crippen LogP contribution in [0.25, 0.3) is 0 Å². The van der Waals surface area contributed by atoms with Crippen molar-refractivity contribution in [2.45, 2.75) is 24.9 Å². The lowest BCUT2D eigenvalue weighted by molar-refractivity contribution is -0.287. The number of ketones is 1. The van der Waals surface area contributed by atoms with Crippen molar-refractivity contribution >= 4 is 23.2 Å². The number of Topliss-reactive ketones (excluding diaryl/α,β-unsaturated/α-hetero) is 1. The van der Waals surface area contributed by atoms with Crippen LogP contribution in [0.15, 0.2) is 35.7 Å². The van der Waals surface area contributed by atoms with Crippen LogP contribution in [0.4, 0.5) is 18.0 Å². The van der Waals surface area contributed by atoms with E-state index in [0.29, 0.717) is 0 Å². The number of aliphatic hydroxyl groups is 1. The molecule has 1 fully saturated rings. The second-order valence-corrected chi connectivity index (χ2v) is 7.27. The van der Waals surface area contributed by atoms with Crippen molar-refractivity contribution in [2.75, 3.05) is 6.61 Å². The Morgan fingerprint density at radius 3 is 2.66 bits per heavy atom. The third-order valence-corrected chi connectivity index (χ3v) is 5.38. The summed E-state index contributed by atoms with van der Waals surface area (Å²) >= 11 is 0.915. The number of halogens is 3. The van der Waals surface area contributed by atoms with E-state index in [1.54, 1.807) is 6.92 Å². The summed E-state index contributed by atoms with van der Waals surface area (Å²) < 4.78 is 46.6. The van der Waals surface area contributed by atoms with Gasteiger partial charge in [0.2, 0.25) is 5.72 Å². The third-order valence-electron chi connectivity index (χ3n) is 4.50. The van der Waals surface area contributed by atoms with Gasteiger partial charge in [0, 0.05) is 0 Å². The summed E-state index contributed by atoms with van der Waals surface area (Å²) in [6.07, 6.45) is -5.33. The number of thiophene rings is 1. The average molecular weight is 430 g/mol. The fraction of sp³-hybridized carbons (Fsp3) is 0.333. The van der Waals surface area contributed by atoms with Gasteiger partial charge in [-0.25, -0.2) is 4.79 Å². The molecule has 1 saturated heterocycles. The van der Waals surface area contributed by atoms with Crippen LogP contribution in [0.1, 0.15) is 28.2 Å². The molecule has 0 aliphatic carbocycles. The number of aromatic hydroxyl groups is 1. The zero-order valence-corrected chi connectivity index (χ0v) is 15.8. The zero-order chi connectivity index (χ0) is 21.4. The number of carbonyl (C=O) groups excluding carboxylic acids is 2. The first-order valence-corrected chi connectivity index (χ1v) is 9.37. The third kappa shape index (κ3) is 3.75. The summed E-state index contributed by atoms with van der Waals surface area (Å²) in [4.78, 5) is 24.9. The molecule has 1 aliphatic rings. The highest BCUT2D eigenvalue weighted by Crippen LogP contribution is 2.45. The van der Waals surface area contributed by atoms with E-state index < -0.39 is 35.7 Å². The van der Waals surface area contributed by atoms with Gasteiger partial charge in [0.05, 0.1) is 17.5 Å². The van der Waals surface area contributed by atoms with Crippen molar-refractivity contribution in [1.82, 2.24) is 10.6 Å². The molecule has 156 valence electrons. The minimum Gasteiger partial charge on any atom is -0.504 e. The van der Waals surface area contributed by atoms with Crippen LogP contribution in [0.5, 0.6) is 11.5 Å². The molecule has 0 bridgehead atoms. The Kier molecular flexibility index (Phi) is 5.46. The van der Waals surface area contributed by atoms with Gasteiger partial charge in [-0.05, 0) is 36.1 Å². The van der Waals surface area contributed by atoms with Crippen LogP contribution in [0, 0.1) is 5.92 Å². The van der Waals surface area contributed by atoms with E-state index in [1.807, 2.05) is 0 Å². The van der Waals surface area contributed by atoms with E-state index in [9.17, 15) is 33.0 Å². The number of hydrogen-bond donors (Lipinski definition) is 4. The first-order valence-electron chi connectivity index (χ1n) is 8.49. The van der Waals surface area contributed by atoms with Crippen LogP contribution >= 0.6 is 11.3 Å². The number of rotatable bonds is 5. The lowest BCUT2D eigenvalue weighted by Gasteiger charge is -2.44. The maximum atomic E-state index is 13.8. The molecule has 1 aromatic heterocycles. The van der Waals surface area contributed by atoms with Crippen molar-refractivity contribution in [1.29, 1.82) is 0 Å². The maximum absolute atomic E-state index is 13.8. The van der Waals surface area contributed by atoms with Crippen LogP contribution in [-0.2, 0) is 0 Å². The number of carbonyl (C=O) groups is 2. The summed E-state index contributed by atoms with van der Waals surface area (Å²) in [6, 6.07) is 3.64. The van der Waals surface area contributed by atoms with E-state index in [4.69, 9.17) is 4.74 Å². The number of urea groups is 1. The molecule has 3 rings (SSSR count). The Hall–Kier alpha value is -2.79. The molecule has 4 N–H and O–H groups in total. The number of nitrogens with one attached hydrogen (secondary N) is 2. The molecule has 2 amide bonds. The highest BCUT2D eigenvalue weighted by atomic mass is 32.1. The standard InChI is InChI=1S/C18H17F3N2O5S/c1-2-28-11-8-9(5-6-10(11)24)14-13(15(25)12-4-3-7-29-12)17(27,18(19,20)21)23-16(26)22-14/h3-8,13-14,24,27H,2H2,1H3,(H2,22,23,26)/t13-,14+,17-/m1/s1. The second-order valence-electron chi connectivity index (χ2n) is 6.32. The molecule has 3 atom stereocenters. The number of phenols is 1. The number of amides is 2. The van der Waals surface area contributed by atoms with Crippen molar-refractivity contribution in [3.63, 3.8) is 0 Å². The van der Waals surface area contributed by atoms with Gasteiger partial charge in [0.1, 0.15) is 5.92 Å². The molecule has 1 aliphatic heterocycles. The van der Waals surface area contributed by atoms with Crippen LogP contribution in [-0.4, -0.2) is 40.5 Å². The lowest BCUT2D eigenvalue weighted by atomic mass is 9.78. The van der Waals surface area contributed by atoms with Crippen LogP contribution < -0.4 is 15.4 Å². The second kappa shape index (κ2) is 7.56. The van der Waals surface area contributed by atoms with E-state index in [1.165, 1.54) is 41.0 Å². The molecule has 29 heavy (non-hydrogen) atoms. The van der Waals surface area contributed by atoms with Gasteiger partial charge in [-0.3, -0.25) is 4.79 Å². The highest BCUT2D eigenvalue weighted by molar-refractivity contribution is 7.12. The predicted octanol–water partition coefficient (Wildman–Crippen LogP) is 2.96. The normalized spacial score (nSPS) is 24.5. The number of ether oxygens (including phenoxy) is 1. The highest BCUT2D eigenvalue weighted by Gasteiger charge is 2.66. The van der Waals surface area contributed by atoms with Gasteiger partial charge in [0.25, 0.3) is 0 Å². The molecule has 2 aromatic rings. The van der Waals surface area contributed by atoms with E-state index in [2.05, 4.69) is 5.32 Å². The molecular formula is C18H17F3N2O5S. The van der Waals surface area contributed by atoms with Gasteiger partial charge in [-0.2, -0.15) is 13.2 Å². The summed E-state index contributed by atoms with van der Waals surface area (Å²) in [6.45, 7) is 1.81. The largest absolute Gasteiger partial charge is 0.504 e. The van der Waals surface area contributed by atoms with Gasteiger partial charge < -0.3 is 25.6 Å². The van der Waals surface area contributed by atoms with Gasteiger partial charge in [0.15, 0.2) is 17.3 Å². The quantitative estimate of drug-likeness (QED) is 0.546. The first-order chi connectivity index (χ1) is 13.6. The molecule has 0 saturated carbocycles. The Balaban J connectivity index is 2.15. The van der Waals surface area contributed by atoms with E-state index in [0.717, 1.165) is 11.3 Å².